The number of rotatable bonds is 1. The third-order valence-corrected chi connectivity index (χ3v) is 4.49. The highest BCUT2D eigenvalue weighted by molar-refractivity contribution is 7.91. The van der Waals surface area contributed by atoms with Crippen molar-refractivity contribution in [1.29, 1.82) is 0 Å². The van der Waals surface area contributed by atoms with E-state index in [0.29, 0.717) is 13.0 Å². The monoisotopic (exact) mass is 295 g/mol. The van der Waals surface area contributed by atoms with E-state index in [4.69, 9.17) is 0 Å². The Morgan fingerprint density at radius 2 is 1.95 bits per heavy atom. The Kier molecular flexibility index (Phi) is 3.66. The van der Waals surface area contributed by atoms with Crippen LogP contribution in [0.15, 0.2) is 12.3 Å². The van der Waals surface area contributed by atoms with Crippen molar-refractivity contribution in [2.75, 3.05) is 29.5 Å². The van der Waals surface area contributed by atoms with Crippen molar-refractivity contribution in [3.8, 4) is 0 Å². The topological polar surface area (TPSA) is 63.2 Å². The summed E-state index contributed by atoms with van der Waals surface area (Å²) in [7, 11) is -3.12. The highest BCUT2D eigenvalue weighted by Gasteiger charge is 2.33. The van der Waals surface area contributed by atoms with Crippen molar-refractivity contribution in [1.82, 2.24) is 9.97 Å². The molecule has 0 spiro atoms. The second-order valence-corrected chi connectivity index (χ2v) is 6.54. The Morgan fingerprint density at radius 1 is 1.21 bits per heavy atom. The number of hydrogen-bond acceptors (Lipinski definition) is 5. The summed E-state index contributed by atoms with van der Waals surface area (Å²) in [6.07, 6.45) is -3.14. The Bertz CT molecular complexity index is 559. The molecule has 0 saturated carbocycles. The molecular formula is C10H12F3N3O2S. The molecule has 2 rings (SSSR count). The average Bonchev–Trinajstić information content (AvgIpc) is 2.49. The highest BCUT2D eigenvalue weighted by atomic mass is 32.2. The fourth-order valence-electron chi connectivity index (χ4n) is 1.80. The van der Waals surface area contributed by atoms with Gasteiger partial charge in [0.05, 0.1) is 11.5 Å². The lowest BCUT2D eigenvalue weighted by Crippen LogP contribution is -2.29. The second-order valence-electron chi connectivity index (χ2n) is 4.23. The third kappa shape index (κ3) is 3.55. The van der Waals surface area contributed by atoms with Gasteiger partial charge < -0.3 is 4.90 Å². The normalized spacial score (nSPS) is 20.1. The molecule has 9 heteroatoms. The minimum atomic E-state index is -4.53. The molecule has 0 aromatic carbocycles. The van der Waals surface area contributed by atoms with Crippen LogP contribution < -0.4 is 4.90 Å². The van der Waals surface area contributed by atoms with Gasteiger partial charge in [0.25, 0.3) is 0 Å². The predicted molar refractivity (Wildman–Crippen MR) is 62.5 cm³/mol. The Hall–Kier alpha value is -1.38. The van der Waals surface area contributed by atoms with Crippen molar-refractivity contribution in [3.05, 3.63) is 18.0 Å². The summed E-state index contributed by atoms with van der Waals surface area (Å²) < 4.78 is 60.5. The van der Waals surface area contributed by atoms with E-state index in [1.807, 2.05) is 0 Å². The average molecular weight is 295 g/mol. The maximum Gasteiger partial charge on any atom is 0.433 e. The van der Waals surface area contributed by atoms with Gasteiger partial charge in [-0.25, -0.2) is 18.4 Å². The number of anilines is 1. The van der Waals surface area contributed by atoms with Gasteiger partial charge in [-0.05, 0) is 12.5 Å². The van der Waals surface area contributed by atoms with Gasteiger partial charge in [-0.1, -0.05) is 0 Å². The quantitative estimate of drug-likeness (QED) is 0.777. The molecule has 0 amide bonds. The molecule has 1 aromatic heterocycles. The summed E-state index contributed by atoms with van der Waals surface area (Å²) in [6, 6.07) is 0.790. The van der Waals surface area contributed by atoms with Crippen LogP contribution in [0.25, 0.3) is 0 Å². The molecule has 106 valence electrons. The first kappa shape index (κ1) is 14.0. The zero-order valence-electron chi connectivity index (χ0n) is 9.89. The zero-order chi connectivity index (χ0) is 14.1. The molecule has 19 heavy (non-hydrogen) atoms. The van der Waals surface area contributed by atoms with Gasteiger partial charge in [0.15, 0.2) is 9.84 Å². The summed E-state index contributed by atoms with van der Waals surface area (Å²) in [6.45, 7) is 0.449. The van der Waals surface area contributed by atoms with E-state index in [2.05, 4.69) is 9.97 Å². The molecule has 2 heterocycles. The van der Waals surface area contributed by atoms with E-state index < -0.39 is 21.7 Å². The number of alkyl halides is 3. The van der Waals surface area contributed by atoms with Crippen LogP contribution in [0.4, 0.5) is 19.1 Å². The van der Waals surface area contributed by atoms with Crippen LogP contribution in [0, 0.1) is 0 Å². The molecule has 0 aliphatic carbocycles. The molecule has 1 saturated heterocycles. The Balaban J connectivity index is 2.23. The van der Waals surface area contributed by atoms with E-state index in [1.165, 1.54) is 4.90 Å². The maximum absolute atomic E-state index is 12.5. The maximum atomic E-state index is 12.5. The molecule has 0 atom stereocenters. The molecule has 0 unspecified atom stereocenters. The molecule has 0 bridgehead atoms. The first-order valence-corrected chi connectivity index (χ1v) is 7.46. The van der Waals surface area contributed by atoms with Crippen LogP contribution in [-0.4, -0.2) is 43.0 Å². The van der Waals surface area contributed by atoms with Gasteiger partial charge in [-0.15, -0.1) is 0 Å². The molecule has 0 N–H and O–H groups in total. The van der Waals surface area contributed by atoms with Gasteiger partial charge in [-0.3, -0.25) is 0 Å². The van der Waals surface area contributed by atoms with Crippen LogP contribution in [0.1, 0.15) is 12.1 Å². The van der Waals surface area contributed by atoms with Gasteiger partial charge in [0.2, 0.25) is 5.95 Å². The molecule has 5 nitrogen and oxygen atoms in total. The lowest BCUT2D eigenvalue weighted by atomic mass is 10.4. The summed E-state index contributed by atoms with van der Waals surface area (Å²) in [5.74, 6) is -0.123. The van der Waals surface area contributed by atoms with Crippen LogP contribution in [0.3, 0.4) is 0 Å². The summed E-state index contributed by atoms with van der Waals surface area (Å²) >= 11 is 0. The molecule has 0 radical (unpaired) electrons. The number of nitrogens with zero attached hydrogens (tertiary/aromatic N) is 3. The van der Waals surface area contributed by atoms with Gasteiger partial charge >= 0.3 is 6.18 Å². The lowest BCUT2D eigenvalue weighted by Gasteiger charge is -2.20. The van der Waals surface area contributed by atoms with E-state index in [0.717, 1.165) is 12.3 Å². The second kappa shape index (κ2) is 4.95. The molecule has 1 aliphatic rings. The minimum absolute atomic E-state index is 0.0441. The number of hydrogen-bond donors (Lipinski definition) is 0. The van der Waals surface area contributed by atoms with Crippen LogP contribution in [-0.2, 0) is 16.0 Å². The van der Waals surface area contributed by atoms with Crippen molar-refractivity contribution in [3.63, 3.8) is 0 Å². The van der Waals surface area contributed by atoms with Gasteiger partial charge in [0.1, 0.15) is 5.69 Å². The van der Waals surface area contributed by atoms with Crippen LogP contribution in [0.2, 0.25) is 0 Å². The first-order valence-electron chi connectivity index (χ1n) is 5.63. The van der Waals surface area contributed by atoms with Crippen LogP contribution >= 0.6 is 0 Å². The molecule has 1 aliphatic heterocycles. The van der Waals surface area contributed by atoms with E-state index in [-0.39, 0.29) is 24.0 Å². The van der Waals surface area contributed by atoms with Gasteiger partial charge in [0, 0.05) is 19.3 Å². The van der Waals surface area contributed by atoms with E-state index in [9.17, 15) is 21.6 Å². The smallest absolute Gasteiger partial charge is 0.340 e. The fourth-order valence-corrected chi connectivity index (χ4v) is 3.07. The van der Waals surface area contributed by atoms with Crippen molar-refractivity contribution < 1.29 is 21.6 Å². The molecule has 1 aromatic rings. The SMILES string of the molecule is O=S1(=O)CCCN(c2nccc(C(F)(F)F)n2)CC1. The first-order chi connectivity index (χ1) is 8.78. The fraction of sp³-hybridized carbons (Fsp3) is 0.600. The van der Waals surface area contributed by atoms with Crippen molar-refractivity contribution >= 4 is 15.8 Å². The van der Waals surface area contributed by atoms with Crippen LogP contribution in [0.5, 0.6) is 0 Å². The summed E-state index contributed by atoms with van der Waals surface area (Å²) in [5, 5.41) is 0. The predicted octanol–water partition coefficient (Wildman–Crippen LogP) is 1.12. The molecular weight excluding hydrogens is 283 g/mol. The van der Waals surface area contributed by atoms with Crippen molar-refractivity contribution in [2.24, 2.45) is 0 Å². The number of sulfone groups is 1. The largest absolute Gasteiger partial charge is 0.433 e. The Labute approximate surface area is 108 Å². The Morgan fingerprint density at radius 3 is 2.63 bits per heavy atom. The molecule has 1 fully saturated rings. The number of halogens is 3. The third-order valence-electron chi connectivity index (χ3n) is 2.77. The summed E-state index contributed by atoms with van der Waals surface area (Å²) in [5.41, 5.74) is -1.02. The van der Waals surface area contributed by atoms with Crippen molar-refractivity contribution in [2.45, 2.75) is 12.6 Å². The van der Waals surface area contributed by atoms with E-state index >= 15 is 0 Å². The van der Waals surface area contributed by atoms with Gasteiger partial charge in [-0.2, -0.15) is 13.2 Å². The standard InChI is InChI=1S/C10H12F3N3O2S/c11-10(12,13)8-2-3-14-9(15-8)16-4-1-6-19(17,18)7-5-16/h2-3H,1,4-7H2. The minimum Gasteiger partial charge on any atom is -0.340 e. The zero-order valence-corrected chi connectivity index (χ0v) is 10.7. The lowest BCUT2D eigenvalue weighted by molar-refractivity contribution is -0.141. The van der Waals surface area contributed by atoms with E-state index in [1.54, 1.807) is 0 Å². The summed E-state index contributed by atoms with van der Waals surface area (Å²) in [4.78, 5) is 8.71. The number of aromatic nitrogens is 2. The highest BCUT2D eigenvalue weighted by Crippen LogP contribution is 2.28.